The van der Waals surface area contributed by atoms with Gasteiger partial charge in [-0.2, -0.15) is 0 Å². The van der Waals surface area contributed by atoms with Crippen molar-refractivity contribution in [2.45, 2.75) is 25.3 Å². The fourth-order valence-corrected chi connectivity index (χ4v) is 2.87. The molecule has 2 aliphatic carbocycles. The zero-order chi connectivity index (χ0) is 11.5. The van der Waals surface area contributed by atoms with E-state index in [-0.39, 0.29) is 0 Å². The summed E-state index contributed by atoms with van der Waals surface area (Å²) in [7, 11) is 0. The third kappa shape index (κ3) is 1.62. The first-order valence-electron chi connectivity index (χ1n) is 5.94. The zero-order valence-electron chi connectivity index (χ0n) is 9.28. The molecule has 86 valence electrons. The number of nitrogens with zero attached hydrogens (tertiary/aromatic N) is 2. The highest BCUT2D eigenvalue weighted by atomic mass is 79.9. The van der Waals surface area contributed by atoms with Crippen LogP contribution >= 0.6 is 15.9 Å². The van der Waals surface area contributed by atoms with Crippen LogP contribution < -0.4 is 5.32 Å². The first-order chi connectivity index (χ1) is 8.25. The topological polar surface area (TPSA) is 37.8 Å². The van der Waals surface area contributed by atoms with Crippen molar-refractivity contribution >= 4 is 32.8 Å². The van der Waals surface area contributed by atoms with Gasteiger partial charge in [0.25, 0.3) is 0 Å². The Balaban J connectivity index is 1.65. The molecule has 2 aliphatic rings. The summed E-state index contributed by atoms with van der Waals surface area (Å²) in [6, 6.07) is 6.69. The van der Waals surface area contributed by atoms with Gasteiger partial charge in [-0.3, -0.25) is 0 Å². The van der Waals surface area contributed by atoms with Crippen LogP contribution in [0.5, 0.6) is 0 Å². The van der Waals surface area contributed by atoms with E-state index in [2.05, 4.69) is 31.2 Å². The molecule has 17 heavy (non-hydrogen) atoms. The molecule has 0 saturated heterocycles. The van der Waals surface area contributed by atoms with Crippen molar-refractivity contribution in [1.82, 2.24) is 9.97 Å². The highest BCUT2D eigenvalue weighted by Gasteiger charge is 2.63. The highest BCUT2D eigenvalue weighted by molar-refractivity contribution is 9.10. The van der Waals surface area contributed by atoms with Gasteiger partial charge in [-0.25, -0.2) is 9.97 Å². The van der Waals surface area contributed by atoms with Gasteiger partial charge in [0, 0.05) is 22.1 Å². The molecule has 1 spiro atoms. The third-order valence-corrected chi connectivity index (χ3v) is 4.42. The molecule has 1 unspecified atom stereocenters. The zero-order valence-corrected chi connectivity index (χ0v) is 10.9. The van der Waals surface area contributed by atoms with E-state index in [4.69, 9.17) is 0 Å². The Morgan fingerprint density at radius 1 is 1.35 bits per heavy atom. The minimum atomic E-state index is 0.621. The molecule has 1 atom stereocenters. The van der Waals surface area contributed by atoms with Crippen LogP contribution in [0.4, 0.5) is 5.95 Å². The van der Waals surface area contributed by atoms with E-state index in [1.54, 1.807) is 0 Å². The average Bonchev–Trinajstić information content (AvgIpc) is 3.22. The Hall–Kier alpha value is -1.16. The predicted octanol–water partition coefficient (Wildman–Crippen LogP) is 3.36. The number of hydrogen-bond acceptors (Lipinski definition) is 3. The average molecular weight is 290 g/mol. The van der Waals surface area contributed by atoms with Crippen molar-refractivity contribution in [3.63, 3.8) is 0 Å². The van der Waals surface area contributed by atoms with E-state index in [0.29, 0.717) is 11.5 Å². The lowest BCUT2D eigenvalue weighted by Crippen LogP contribution is -2.08. The Morgan fingerprint density at radius 3 is 3.00 bits per heavy atom. The summed E-state index contributed by atoms with van der Waals surface area (Å²) in [5, 5.41) is 4.51. The maximum absolute atomic E-state index is 4.55. The normalized spacial score (nSPS) is 23.9. The van der Waals surface area contributed by atoms with Crippen LogP contribution in [0.15, 0.2) is 28.9 Å². The quantitative estimate of drug-likeness (QED) is 0.921. The van der Waals surface area contributed by atoms with Crippen LogP contribution in [-0.2, 0) is 0 Å². The molecular weight excluding hydrogens is 278 g/mol. The molecule has 4 rings (SSSR count). The second-order valence-corrected chi connectivity index (χ2v) is 6.08. The molecule has 3 nitrogen and oxygen atoms in total. The summed E-state index contributed by atoms with van der Waals surface area (Å²) in [4.78, 5) is 8.93. The van der Waals surface area contributed by atoms with Crippen molar-refractivity contribution in [2.24, 2.45) is 5.41 Å². The SMILES string of the molecule is Brc1ccc2nc(NC3CC34CC4)ncc2c1. The smallest absolute Gasteiger partial charge is 0.223 e. The van der Waals surface area contributed by atoms with E-state index in [0.717, 1.165) is 21.3 Å². The van der Waals surface area contributed by atoms with Crippen LogP contribution in [0.2, 0.25) is 0 Å². The summed E-state index contributed by atoms with van der Waals surface area (Å²) < 4.78 is 1.06. The van der Waals surface area contributed by atoms with Crippen LogP contribution in [0.3, 0.4) is 0 Å². The van der Waals surface area contributed by atoms with Gasteiger partial charge < -0.3 is 5.32 Å². The molecule has 0 aliphatic heterocycles. The second kappa shape index (κ2) is 3.19. The molecule has 1 heterocycles. The maximum Gasteiger partial charge on any atom is 0.223 e. The number of fused-ring (bicyclic) bond motifs is 1. The van der Waals surface area contributed by atoms with Gasteiger partial charge in [-0.1, -0.05) is 15.9 Å². The van der Waals surface area contributed by atoms with Gasteiger partial charge in [0.05, 0.1) is 5.52 Å². The monoisotopic (exact) mass is 289 g/mol. The number of halogens is 1. The van der Waals surface area contributed by atoms with Crippen molar-refractivity contribution in [2.75, 3.05) is 5.32 Å². The lowest BCUT2D eigenvalue weighted by molar-refractivity contribution is 0.846. The molecule has 1 N–H and O–H groups in total. The fourth-order valence-electron chi connectivity index (χ4n) is 2.49. The van der Waals surface area contributed by atoms with E-state index in [1.807, 2.05) is 24.4 Å². The molecule has 2 fully saturated rings. The van der Waals surface area contributed by atoms with E-state index >= 15 is 0 Å². The molecule has 1 aromatic heterocycles. The van der Waals surface area contributed by atoms with E-state index in [1.165, 1.54) is 19.3 Å². The van der Waals surface area contributed by atoms with Crippen LogP contribution in [-0.4, -0.2) is 16.0 Å². The maximum atomic E-state index is 4.55. The van der Waals surface area contributed by atoms with Crippen molar-refractivity contribution in [3.05, 3.63) is 28.9 Å². The first kappa shape index (κ1) is 9.83. The van der Waals surface area contributed by atoms with Crippen molar-refractivity contribution in [3.8, 4) is 0 Å². The minimum Gasteiger partial charge on any atom is -0.351 e. The van der Waals surface area contributed by atoms with Gasteiger partial charge in [0.1, 0.15) is 0 Å². The molecule has 0 radical (unpaired) electrons. The van der Waals surface area contributed by atoms with Gasteiger partial charge in [0.15, 0.2) is 0 Å². The number of hydrogen-bond donors (Lipinski definition) is 1. The van der Waals surface area contributed by atoms with E-state index in [9.17, 15) is 0 Å². The second-order valence-electron chi connectivity index (χ2n) is 5.16. The summed E-state index contributed by atoms with van der Waals surface area (Å²) >= 11 is 3.45. The minimum absolute atomic E-state index is 0.621. The van der Waals surface area contributed by atoms with Gasteiger partial charge >= 0.3 is 0 Å². The van der Waals surface area contributed by atoms with Crippen molar-refractivity contribution < 1.29 is 0 Å². The third-order valence-electron chi connectivity index (χ3n) is 3.93. The largest absolute Gasteiger partial charge is 0.351 e. The Bertz CT molecular complexity index is 607. The number of anilines is 1. The summed E-state index contributed by atoms with van der Waals surface area (Å²) in [6.45, 7) is 0. The van der Waals surface area contributed by atoms with Crippen LogP contribution in [0, 0.1) is 5.41 Å². The lowest BCUT2D eigenvalue weighted by Gasteiger charge is -2.04. The van der Waals surface area contributed by atoms with Crippen LogP contribution in [0.1, 0.15) is 19.3 Å². The first-order valence-corrected chi connectivity index (χ1v) is 6.73. The van der Waals surface area contributed by atoms with Gasteiger partial charge in [-0.15, -0.1) is 0 Å². The van der Waals surface area contributed by atoms with Gasteiger partial charge in [-0.05, 0) is 42.9 Å². The van der Waals surface area contributed by atoms with E-state index < -0.39 is 0 Å². The standard InChI is InChI=1S/C13H12BrN3/c14-9-1-2-10-8(5-9)7-15-12(16-10)17-11-6-13(11)3-4-13/h1-2,5,7,11H,3-4,6H2,(H,15,16,17). The molecule has 0 bridgehead atoms. The number of benzene rings is 1. The predicted molar refractivity (Wildman–Crippen MR) is 70.9 cm³/mol. The Kier molecular flexibility index (Phi) is 1.85. The van der Waals surface area contributed by atoms with Crippen LogP contribution in [0.25, 0.3) is 10.9 Å². The Labute approximate surface area is 108 Å². The lowest BCUT2D eigenvalue weighted by atomic mass is 10.2. The highest BCUT2D eigenvalue weighted by Crippen LogP contribution is 2.66. The van der Waals surface area contributed by atoms with Gasteiger partial charge in [0.2, 0.25) is 5.95 Å². The molecule has 0 amide bonds. The molecule has 2 saturated carbocycles. The molecule has 4 heteroatoms. The molecular formula is C13H12BrN3. The van der Waals surface area contributed by atoms with Crippen molar-refractivity contribution in [1.29, 1.82) is 0 Å². The number of aromatic nitrogens is 2. The molecule has 2 aromatic rings. The summed E-state index contributed by atoms with van der Waals surface area (Å²) in [5.41, 5.74) is 1.63. The fraction of sp³-hybridized carbons (Fsp3) is 0.385. The Morgan fingerprint density at radius 2 is 2.24 bits per heavy atom. The number of rotatable bonds is 2. The summed E-state index contributed by atoms with van der Waals surface area (Å²) in [6.07, 6.45) is 5.95. The molecule has 1 aromatic carbocycles. The number of nitrogens with one attached hydrogen (secondary N) is 1. The summed E-state index contributed by atoms with van der Waals surface area (Å²) in [5.74, 6) is 0.772.